The Kier molecular flexibility index (Phi) is 12.9. The largest absolute Gasteiger partial charge is 0.466 e. The van der Waals surface area contributed by atoms with Gasteiger partial charge < -0.3 is 4.74 Å². The zero-order valence-electron chi connectivity index (χ0n) is 16.2. The smallest absolute Gasteiger partial charge is 0.305 e. The zero-order valence-corrected chi connectivity index (χ0v) is 16.2. The quantitative estimate of drug-likeness (QED) is 0.186. The fraction of sp³-hybridized carbons (Fsp3) is 0.864. The van der Waals surface area contributed by atoms with Crippen molar-refractivity contribution in [3.05, 3.63) is 12.2 Å². The van der Waals surface area contributed by atoms with Crippen LogP contribution in [0.25, 0.3) is 0 Å². The Labute approximate surface area is 150 Å². The van der Waals surface area contributed by atoms with Crippen molar-refractivity contribution in [3.63, 3.8) is 0 Å². The Morgan fingerprint density at radius 3 is 2.62 bits per heavy atom. The second-order valence-electron chi connectivity index (χ2n) is 7.68. The zero-order chi connectivity index (χ0) is 17.5. The molecule has 2 unspecified atom stereocenters. The van der Waals surface area contributed by atoms with Crippen LogP contribution in [0.2, 0.25) is 0 Å². The molecule has 2 nitrogen and oxygen atoms in total. The van der Waals surface area contributed by atoms with Crippen LogP contribution in [0.15, 0.2) is 12.2 Å². The Morgan fingerprint density at radius 2 is 1.88 bits per heavy atom. The molecule has 0 aromatic rings. The van der Waals surface area contributed by atoms with E-state index in [1.165, 1.54) is 64.2 Å². The first-order chi connectivity index (χ1) is 11.7. The predicted molar refractivity (Wildman–Crippen MR) is 103 cm³/mol. The molecule has 0 bridgehead atoms. The fourth-order valence-electron chi connectivity index (χ4n) is 3.48. The molecule has 0 heterocycles. The lowest BCUT2D eigenvalue weighted by Crippen LogP contribution is -2.08. The summed E-state index contributed by atoms with van der Waals surface area (Å²) in [5, 5.41) is 0. The van der Waals surface area contributed by atoms with Crippen LogP contribution in [0, 0.1) is 11.8 Å². The summed E-state index contributed by atoms with van der Waals surface area (Å²) in [5.41, 5.74) is 0. The number of hydrogen-bond acceptors (Lipinski definition) is 2. The molecule has 0 fully saturated rings. The van der Waals surface area contributed by atoms with Crippen molar-refractivity contribution in [3.8, 4) is 0 Å². The third-order valence-corrected chi connectivity index (χ3v) is 5.24. The highest BCUT2D eigenvalue weighted by molar-refractivity contribution is 5.69. The second kappa shape index (κ2) is 14.5. The van der Waals surface area contributed by atoms with Crippen molar-refractivity contribution >= 4 is 5.97 Å². The van der Waals surface area contributed by atoms with Gasteiger partial charge in [0.1, 0.15) is 0 Å². The van der Waals surface area contributed by atoms with Gasteiger partial charge in [0.25, 0.3) is 0 Å². The third kappa shape index (κ3) is 11.7. The van der Waals surface area contributed by atoms with E-state index in [2.05, 4.69) is 26.0 Å². The van der Waals surface area contributed by atoms with Gasteiger partial charge in [0.05, 0.1) is 6.61 Å². The summed E-state index contributed by atoms with van der Waals surface area (Å²) in [6.07, 6.45) is 21.9. The minimum atomic E-state index is -0.00100. The molecule has 1 rings (SSSR count). The first kappa shape index (κ1) is 21.3. The van der Waals surface area contributed by atoms with E-state index in [0.717, 1.165) is 25.2 Å². The van der Waals surface area contributed by atoms with E-state index in [-0.39, 0.29) is 5.97 Å². The SMILES string of the molecule is CCCCCOC(=O)CCC(C)CCCCCCCC1C=CCC1. The highest BCUT2D eigenvalue weighted by Gasteiger charge is 2.09. The summed E-state index contributed by atoms with van der Waals surface area (Å²) in [7, 11) is 0. The maximum atomic E-state index is 11.6. The van der Waals surface area contributed by atoms with E-state index in [1.807, 2.05) is 0 Å². The molecule has 2 heteroatoms. The molecule has 140 valence electrons. The van der Waals surface area contributed by atoms with Gasteiger partial charge in [0, 0.05) is 6.42 Å². The van der Waals surface area contributed by atoms with Gasteiger partial charge >= 0.3 is 5.97 Å². The predicted octanol–water partition coefficient (Wildman–Crippen LogP) is 6.83. The van der Waals surface area contributed by atoms with E-state index in [1.54, 1.807) is 0 Å². The summed E-state index contributed by atoms with van der Waals surface area (Å²) >= 11 is 0. The number of unbranched alkanes of at least 4 members (excludes halogenated alkanes) is 6. The molecule has 0 aromatic heterocycles. The van der Waals surface area contributed by atoms with Gasteiger partial charge in [-0.25, -0.2) is 0 Å². The van der Waals surface area contributed by atoms with Crippen molar-refractivity contribution in [2.45, 2.75) is 104 Å². The molecule has 0 aromatic carbocycles. The normalized spacial score (nSPS) is 18.0. The molecule has 0 amide bonds. The van der Waals surface area contributed by atoms with E-state index < -0.39 is 0 Å². The first-order valence-corrected chi connectivity index (χ1v) is 10.5. The molecular formula is C22H40O2. The Balaban J connectivity index is 1.84. The van der Waals surface area contributed by atoms with Crippen LogP contribution in [0.5, 0.6) is 0 Å². The lowest BCUT2D eigenvalue weighted by Gasteiger charge is -2.11. The topological polar surface area (TPSA) is 26.3 Å². The molecule has 1 aliphatic carbocycles. The molecule has 0 radical (unpaired) electrons. The van der Waals surface area contributed by atoms with Crippen molar-refractivity contribution in [2.75, 3.05) is 6.61 Å². The van der Waals surface area contributed by atoms with Gasteiger partial charge in [-0.1, -0.05) is 77.4 Å². The Morgan fingerprint density at radius 1 is 1.08 bits per heavy atom. The average molecular weight is 337 g/mol. The van der Waals surface area contributed by atoms with Gasteiger partial charge in [0.2, 0.25) is 0 Å². The molecule has 0 N–H and O–H groups in total. The lowest BCUT2D eigenvalue weighted by atomic mass is 9.96. The monoisotopic (exact) mass is 336 g/mol. The molecule has 0 saturated carbocycles. The number of carbonyl (C=O) groups is 1. The van der Waals surface area contributed by atoms with E-state index in [9.17, 15) is 4.79 Å². The van der Waals surface area contributed by atoms with E-state index >= 15 is 0 Å². The maximum Gasteiger partial charge on any atom is 0.305 e. The molecule has 0 spiro atoms. The average Bonchev–Trinajstić information content (AvgIpc) is 3.09. The van der Waals surface area contributed by atoms with Crippen LogP contribution < -0.4 is 0 Å². The maximum absolute atomic E-state index is 11.6. The molecule has 2 atom stereocenters. The summed E-state index contributed by atoms with van der Waals surface area (Å²) in [4.78, 5) is 11.6. The van der Waals surface area contributed by atoms with Crippen LogP contribution in [0.1, 0.15) is 104 Å². The standard InChI is InChI=1S/C22H40O2/c1-3-4-12-19-24-22(23)18-17-20(2)13-8-6-5-7-9-14-21-15-10-11-16-21/h10,15,20-21H,3-9,11-14,16-19H2,1-2H3. The second-order valence-corrected chi connectivity index (χ2v) is 7.68. The number of ether oxygens (including phenoxy) is 1. The lowest BCUT2D eigenvalue weighted by molar-refractivity contribution is -0.144. The van der Waals surface area contributed by atoms with Crippen LogP contribution in [-0.2, 0) is 9.53 Å². The van der Waals surface area contributed by atoms with Crippen LogP contribution in [0.4, 0.5) is 0 Å². The highest BCUT2D eigenvalue weighted by Crippen LogP contribution is 2.23. The van der Waals surface area contributed by atoms with Gasteiger partial charge in [-0.3, -0.25) is 4.79 Å². The van der Waals surface area contributed by atoms with Crippen LogP contribution >= 0.6 is 0 Å². The van der Waals surface area contributed by atoms with Gasteiger partial charge in [-0.05, 0) is 43.9 Å². The van der Waals surface area contributed by atoms with Crippen LogP contribution in [0.3, 0.4) is 0 Å². The van der Waals surface area contributed by atoms with Crippen molar-refractivity contribution < 1.29 is 9.53 Å². The summed E-state index contributed by atoms with van der Waals surface area (Å²) in [6.45, 7) is 5.05. The molecule has 0 aliphatic heterocycles. The first-order valence-electron chi connectivity index (χ1n) is 10.5. The molecule has 0 saturated heterocycles. The Hall–Kier alpha value is -0.790. The summed E-state index contributed by atoms with van der Waals surface area (Å²) in [6, 6.07) is 0. The third-order valence-electron chi connectivity index (χ3n) is 5.24. The minimum Gasteiger partial charge on any atom is -0.466 e. The minimum absolute atomic E-state index is 0.00100. The number of allylic oxidation sites excluding steroid dienone is 2. The van der Waals surface area contributed by atoms with Crippen molar-refractivity contribution in [1.82, 2.24) is 0 Å². The van der Waals surface area contributed by atoms with E-state index in [4.69, 9.17) is 4.74 Å². The Bertz CT molecular complexity index is 335. The summed E-state index contributed by atoms with van der Waals surface area (Å²) < 4.78 is 5.26. The number of carbonyl (C=O) groups excluding carboxylic acids is 1. The van der Waals surface area contributed by atoms with Crippen molar-refractivity contribution in [2.24, 2.45) is 11.8 Å². The van der Waals surface area contributed by atoms with E-state index in [0.29, 0.717) is 18.9 Å². The van der Waals surface area contributed by atoms with Crippen LogP contribution in [-0.4, -0.2) is 12.6 Å². The molecule has 1 aliphatic rings. The summed E-state index contributed by atoms with van der Waals surface area (Å²) in [5.74, 6) is 1.53. The fourth-order valence-corrected chi connectivity index (χ4v) is 3.48. The number of rotatable bonds is 15. The van der Waals surface area contributed by atoms with Gasteiger partial charge in [0.15, 0.2) is 0 Å². The van der Waals surface area contributed by atoms with Crippen molar-refractivity contribution in [1.29, 1.82) is 0 Å². The number of esters is 1. The molecular weight excluding hydrogens is 296 g/mol. The molecule has 24 heavy (non-hydrogen) atoms. The van der Waals surface area contributed by atoms with Gasteiger partial charge in [-0.15, -0.1) is 0 Å². The van der Waals surface area contributed by atoms with Gasteiger partial charge in [-0.2, -0.15) is 0 Å². The number of hydrogen-bond donors (Lipinski definition) is 0. The highest BCUT2D eigenvalue weighted by atomic mass is 16.5.